The predicted molar refractivity (Wildman–Crippen MR) is 135 cm³/mol. The van der Waals surface area contributed by atoms with E-state index in [0.717, 1.165) is 14.7 Å². The van der Waals surface area contributed by atoms with E-state index in [4.69, 9.17) is 4.74 Å². The maximum absolute atomic E-state index is 12.9. The molecular weight excluding hydrogens is 534 g/mol. The molecule has 3 N–H and O–H groups in total. The second-order valence-corrected chi connectivity index (χ2v) is 9.97. The number of nitrogens with zero attached hydrogens (tertiary/aromatic N) is 3. The van der Waals surface area contributed by atoms with Gasteiger partial charge in [-0.05, 0) is 11.6 Å². The number of amides is 7. The van der Waals surface area contributed by atoms with E-state index in [1.807, 2.05) is 0 Å². The first kappa shape index (κ1) is 27.6. The summed E-state index contributed by atoms with van der Waals surface area (Å²) in [7, 11) is 0. The molecule has 15 heteroatoms. The molecular formula is C24H25N5O9S. The monoisotopic (exact) mass is 559 g/mol. The van der Waals surface area contributed by atoms with E-state index in [0.29, 0.717) is 5.56 Å². The third-order valence-electron chi connectivity index (χ3n) is 6.26. The van der Waals surface area contributed by atoms with Crippen molar-refractivity contribution in [1.29, 1.82) is 0 Å². The average molecular weight is 560 g/mol. The predicted octanol–water partition coefficient (Wildman–Crippen LogP) is 0.347. The van der Waals surface area contributed by atoms with Crippen LogP contribution in [-0.2, 0) is 35.1 Å². The number of para-hydroxylation sites is 1. The number of ether oxygens (including phenoxy) is 1. The van der Waals surface area contributed by atoms with Gasteiger partial charge >= 0.3 is 24.0 Å². The number of carboxylic acids is 1. The van der Waals surface area contributed by atoms with E-state index in [2.05, 4.69) is 10.6 Å². The molecule has 206 valence electrons. The zero-order valence-corrected chi connectivity index (χ0v) is 21.8. The van der Waals surface area contributed by atoms with Gasteiger partial charge < -0.3 is 20.5 Å². The maximum atomic E-state index is 12.9. The fourth-order valence-corrected chi connectivity index (χ4v) is 5.70. The molecule has 4 rings (SSSR count). The number of β-lactam (4-membered cyclic amide) rings is 1. The minimum atomic E-state index is -1.34. The summed E-state index contributed by atoms with van der Waals surface area (Å²) < 4.78 is 4.91. The van der Waals surface area contributed by atoms with E-state index in [1.165, 1.54) is 25.6 Å². The number of nitrogens with one attached hydrogen (secondary N) is 2. The lowest BCUT2D eigenvalue weighted by Gasteiger charge is -2.49. The second kappa shape index (κ2) is 11.1. The number of hydrogen-bond donors (Lipinski definition) is 3. The Morgan fingerprint density at radius 2 is 1.77 bits per heavy atom. The molecule has 39 heavy (non-hydrogen) atoms. The summed E-state index contributed by atoms with van der Waals surface area (Å²) >= 11 is 1.24. The second-order valence-electron chi connectivity index (χ2n) is 8.86. The molecule has 0 spiro atoms. The number of carbonyl (C=O) groups excluding carboxylic acids is 6. The number of hydrogen-bond acceptors (Lipinski definition) is 9. The number of esters is 1. The molecule has 14 nitrogen and oxygen atoms in total. The van der Waals surface area contributed by atoms with Crippen LogP contribution in [0, 0.1) is 0 Å². The van der Waals surface area contributed by atoms with Crippen molar-refractivity contribution in [2.45, 2.75) is 31.7 Å². The lowest BCUT2D eigenvalue weighted by Crippen LogP contribution is -2.70. The van der Waals surface area contributed by atoms with Crippen LogP contribution in [0.25, 0.3) is 0 Å². The van der Waals surface area contributed by atoms with Crippen LogP contribution in [0.5, 0.6) is 0 Å². The van der Waals surface area contributed by atoms with Crippen molar-refractivity contribution in [3.05, 3.63) is 41.1 Å². The van der Waals surface area contributed by atoms with E-state index >= 15 is 0 Å². The molecule has 1 aromatic rings. The molecule has 7 amide bonds. The maximum Gasteiger partial charge on any atom is 0.352 e. The van der Waals surface area contributed by atoms with E-state index in [9.17, 15) is 38.7 Å². The Hall–Kier alpha value is -4.40. The van der Waals surface area contributed by atoms with Gasteiger partial charge in [0.1, 0.15) is 23.7 Å². The van der Waals surface area contributed by atoms with Crippen LogP contribution in [0.15, 0.2) is 35.5 Å². The van der Waals surface area contributed by atoms with Crippen LogP contribution in [0.4, 0.5) is 15.3 Å². The normalized spacial score (nSPS) is 20.3. The lowest BCUT2D eigenvalue weighted by atomic mass is 10.0. The van der Waals surface area contributed by atoms with Crippen molar-refractivity contribution >= 4 is 59.2 Å². The Morgan fingerprint density at radius 3 is 2.41 bits per heavy atom. The van der Waals surface area contributed by atoms with E-state index < -0.39 is 53.1 Å². The highest BCUT2D eigenvalue weighted by atomic mass is 32.2. The Morgan fingerprint density at radius 1 is 1.08 bits per heavy atom. The Labute approximate surface area is 226 Å². The lowest BCUT2D eigenvalue weighted by molar-refractivity contribution is -0.151. The summed E-state index contributed by atoms with van der Waals surface area (Å²) in [6.07, 6.45) is -0.218. The fraction of sp³-hybridized carbons (Fsp3) is 0.375. The first-order chi connectivity index (χ1) is 18.5. The molecule has 2 atom stereocenters. The number of imide groups is 2. The van der Waals surface area contributed by atoms with Gasteiger partial charge in [-0.15, -0.1) is 11.8 Å². The topological polar surface area (TPSA) is 183 Å². The summed E-state index contributed by atoms with van der Waals surface area (Å²) in [5.41, 5.74) is 0.702. The van der Waals surface area contributed by atoms with Crippen molar-refractivity contribution < 1.29 is 43.4 Å². The van der Waals surface area contributed by atoms with Gasteiger partial charge in [0, 0.05) is 37.4 Å². The minimum absolute atomic E-state index is 0.0294. The van der Waals surface area contributed by atoms with Gasteiger partial charge in [-0.2, -0.15) is 0 Å². The molecule has 3 heterocycles. The highest BCUT2D eigenvalue weighted by Crippen LogP contribution is 2.40. The largest absolute Gasteiger partial charge is 0.477 e. The number of thioether (sulfide) groups is 1. The van der Waals surface area contributed by atoms with Gasteiger partial charge in [0.05, 0.1) is 13.0 Å². The van der Waals surface area contributed by atoms with E-state index in [1.54, 1.807) is 24.3 Å². The average Bonchev–Trinajstić information content (AvgIpc) is 3.28. The zero-order valence-electron chi connectivity index (χ0n) is 21.0. The van der Waals surface area contributed by atoms with Crippen LogP contribution in [-0.4, -0.2) is 98.4 Å². The number of fused-ring (bicyclic) bond motifs is 1. The number of carbonyl (C=O) groups is 7. The van der Waals surface area contributed by atoms with Crippen LogP contribution < -0.4 is 10.6 Å². The van der Waals surface area contributed by atoms with Crippen molar-refractivity contribution in [1.82, 2.24) is 20.0 Å². The van der Waals surface area contributed by atoms with Crippen molar-refractivity contribution in [2.24, 2.45) is 0 Å². The van der Waals surface area contributed by atoms with E-state index in [-0.39, 0.29) is 48.8 Å². The Balaban J connectivity index is 1.40. The van der Waals surface area contributed by atoms with Crippen molar-refractivity contribution in [3.8, 4) is 0 Å². The van der Waals surface area contributed by atoms with Gasteiger partial charge in [-0.3, -0.25) is 29.0 Å². The van der Waals surface area contributed by atoms with Gasteiger partial charge in [-0.25, -0.2) is 19.3 Å². The van der Waals surface area contributed by atoms with Crippen molar-refractivity contribution in [2.75, 3.05) is 30.8 Å². The number of carboxylic acid groups (broad SMARTS) is 1. The Kier molecular flexibility index (Phi) is 7.90. The number of benzene rings is 1. The van der Waals surface area contributed by atoms with Crippen LogP contribution in [0.2, 0.25) is 0 Å². The Bertz CT molecular complexity index is 1310. The summed E-state index contributed by atoms with van der Waals surface area (Å²) in [5, 5.41) is 14.2. The first-order valence-electron chi connectivity index (χ1n) is 11.8. The number of anilines is 1. The van der Waals surface area contributed by atoms with Crippen LogP contribution in [0.1, 0.15) is 19.4 Å². The minimum Gasteiger partial charge on any atom is -0.477 e. The number of aliphatic carboxylic acids is 1. The molecule has 1 unspecified atom stereocenters. The van der Waals surface area contributed by atoms with Gasteiger partial charge in [0.2, 0.25) is 11.8 Å². The smallest absolute Gasteiger partial charge is 0.352 e. The summed E-state index contributed by atoms with van der Waals surface area (Å²) in [5.74, 6) is -3.35. The quantitative estimate of drug-likeness (QED) is 0.311. The summed E-state index contributed by atoms with van der Waals surface area (Å²) in [6, 6.07) is 3.97. The highest BCUT2D eigenvalue weighted by Gasteiger charge is 2.54. The van der Waals surface area contributed by atoms with Crippen molar-refractivity contribution in [3.63, 3.8) is 0 Å². The molecule has 0 aromatic heterocycles. The zero-order chi connectivity index (χ0) is 28.4. The SMILES string of the molecule is CC(=O)OCC1=C(C(=O)O)N2C(=O)C(NC(=O)Cc3ccccc3NC(=O)N3CCN(C(C)=O)C3=O)[C@H]2SC1. The molecule has 3 aliphatic rings. The number of rotatable bonds is 7. The van der Waals surface area contributed by atoms with Gasteiger partial charge in [0.15, 0.2) is 0 Å². The summed E-state index contributed by atoms with van der Waals surface area (Å²) in [4.78, 5) is 88.1. The first-order valence-corrected chi connectivity index (χ1v) is 12.9. The standard InChI is InChI=1S/C24H25N5O9S/c1-12(30)27-7-8-28(24(27)37)23(36)25-16-6-4-3-5-14(16)9-17(32)26-18-20(33)29-19(22(34)35)15(10-38-13(2)31)11-39-21(18)29/h3-6,18,21H,7-11H2,1-2H3,(H,25,36)(H,26,32)(H,34,35)/t18?,21-/m1/s1. The summed E-state index contributed by atoms with van der Waals surface area (Å²) in [6.45, 7) is 2.28. The van der Waals surface area contributed by atoms with Crippen LogP contribution >= 0.6 is 11.8 Å². The molecule has 2 saturated heterocycles. The van der Waals surface area contributed by atoms with Gasteiger partial charge in [0.25, 0.3) is 5.91 Å². The molecule has 1 aromatic carbocycles. The molecule has 3 aliphatic heterocycles. The third-order valence-corrected chi connectivity index (χ3v) is 7.60. The molecule has 0 aliphatic carbocycles. The molecule has 0 radical (unpaired) electrons. The molecule has 0 saturated carbocycles. The number of urea groups is 2. The fourth-order valence-electron chi connectivity index (χ4n) is 4.38. The van der Waals surface area contributed by atoms with Gasteiger partial charge in [-0.1, -0.05) is 18.2 Å². The highest BCUT2D eigenvalue weighted by molar-refractivity contribution is 8.00. The molecule has 0 bridgehead atoms. The molecule has 2 fully saturated rings. The van der Waals surface area contributed by atoms with Crippen LogP contribution in [0.3, 0.4) is 0 Å². The third kappa shape index (κ3) is 5.57.